The molecule has 1 aliphatic heterocycles. The topological polar surface area (TPSA) is 86.9 Å². The Bertz CT molecular complexity index is 262. The summed E-state index contributed by atoms with van der Waals surface area (Å²) in [7, 11) is 2.01. The molecule has 0 aromatic carbocycles. The zero-order valence-electron chi connectivity index (χ0n) is 9.56. The molecule has 92 valence electrons. The van der Waals surface area contributed by atoms with Crippen LogP contribution in [0.3, 0.4) is 0 Å². The molecule has 0 radical (unpaired) electrons. The highest BCUT2D eigenvalue weighted by atomic mass is 16.4. The third kappa shape index (κ3) is 3.79. The Morgan fingerprint density at radius 1 is 1.31 bits per heavy atom. The minimum Gasteiger partial charge on any atom is -0.481 e. The predicted molar refractivity (Wildman–Crippen MR) is 58.9 cm³/mol. The Kier molecular flexibility index (Phi) is 4.70. The van der Waals surface area contributed by atoms with Gasteiger partial charge in [0.05, 0.1) is 6.04 Å². The van der Waals surface area contributed by atoms with Crippen molar-refractivity contribution in [3.05, 3.63) is 0 Å². The number of nitrogens with two attached hydrogens (primary N) is 1. The van der Waals surface area contributed by atoms with E-state index in [1.165, 1.54) is 0 Å². The van der Waals surface area contributed by atoms with Crippen molar-refractivity contribution in [2.45, 2.75) is 18.9 Å². The number of rotatable bonds is 4. The summed E-state index contributed by atoms with van der Waals surface area (Å²) in [6.45, 7) is 3.04. The van der Waals surface area contributed by atoms with E-state index in [1.54, 1.807) is 4.90 Å². The lowest BCUT2D eigenvalue weighted by atomic mass is 10.1. The first kappa shape index (κ1) is 12.9. The summed E-state index contributed by atoms with van der Waals surface area (Å²) in [5, 5.41) is 8.50. The van der Waals surface area contributed by atoms with Gasteiger partial charge in [0.2, 0.25) is 5.91 Å². The Morgan fingerprint density at radius 2 is 1.88 bits per heavy atom. The first-order valence-corrected chi connectivity index (χ1v) is 5.45. The minimum atomic E-state index is -0.915. The van der Waals surface area contributed by atoms with Crippen LogP contribution in [0.15, 0.2) is 0 Å². The average molecular weight is 229 g/mol. The van der Waals surface area contributed by atoms with Gasteiger partial charge in [-0.2, -0.15) is 0 Å². The molecule has 0 spiro atoms. The van der Waals surface area contributed by atoms with E-state index in [9.17, 15) is 9.59 Å². The highest BCUT2D eigenvalue weighted by Gasteiger charge is 2.24. The number of hydrogen-bond acceptors (Lipinski definition) is 4. The van der Waals surface area contributed by atoms with Crippen molar-refractivity contribution in [1.29, 1.82) is 0 Å². The highest BCUT2D eigenvalue weighted by Crippen LogP contribution is 2.04. The fourth-order valence-corrected chi connectivity index (χ4v) is 1.66. The molecule has 1 fully saturated rings. The van der Waals surface area contributed by atoms with Gasteiger partial charge in [-0.15, -0.1) is 0 Å². The van der Waals surface area contributed by atoms with Crippen molar-refractivity contribution in [2.24, 2.45) is 5.73 Å². The van der Waals surface area contributed by atoms with Crippen molar-refractivity contribution in [1.82, 2.24) is 9.80 Å². The van der Waals surface area contributed by atoms with Crippen LogP contribution >= 0.6 is 0 Å². The number of amides is 1. The van der Waals surface area contributed by atoms with E-state index in [2.05, 4.69) is 4.90 Å². The molecule has 6 nitrogen and oxygen atoms in total. The van der Waals surface area contributed by atoms with Gasteiger partial charge in [-0.05, 0) is 13.5 Å². The van der Waals surface area contributed by atoms with Crippen LogP contribution in [0.1, 0.15) is 12.8 Å². The summed E-state index contributed by atoms with van der Waals surface area (Å²) in [4.78, 5) is 26.0. The van der Waals surface area contributed by atoms with Crippen LogP contribution < -0.4 is 5.73 Å². The normalized spacial score (nSPS) is 19.5. The Labute approximate surface area is 95.0 Å². The van der Waals surface area contributed by atoms with Crippen molar-refractivity contribution in [2.75, 3.05) is 33.2 Å². The maximum Gasteiger partial charge on any atom is 0.303 e. The largest absolute Gasteiger partial charge is 0.481 e. The molecule has 1 amide bonds. The van der Waals surface area contributed by atoms with Crippen LogP contribution in [0.25, 0.3) is 0 Å². The molecule has 0 aromatic heterocycles. The molecule has 0 bridgehead atoms. The SMILES string of the molecule is CN1CCN(C(=O)C(N)CCC(=O)O)CC1. The van der Waals surface area contributed by atoms with Gasteiger partial charge in [0.1, 0.15) is 0 Å². The van der Waals surface area contributed by atoms with E-state index in [-0.39, 0.29) is 18.7 Å². The monoisotopic (exact) mass is 229 g/mol. The Balaban J connectivity index is 2.35. The first-order chi connectivity index (χ1) is 7.50. The van der Waals surface area contributed by atoms with E-state index >= 15 is 0 Å². The lowest BCUT2D eigenvalue weighted by Gasteiger charge is -2.33. The first-order valence-electron chi connectivity index (χ1n) is 5.45. The smallest absolute Gasteiger partial charge is 0.303 e. The van der Waals surface area contributed by atoms with Crippen LogP contribution in [-0.2, 0) is 9.59 Å². The maximum absolute atomic E-state index is 11.8. The number of carbonyl (C=O) groups excluding carboxylic acids is 1. The minimum absolute atomic E-state index is 0.0549. The van der Waals surface area contributed by atoms with Crippen molar-refractivity contribution >= 4 is 11.9 Å². The van der Waals surface area contributed by atoms with Crippen molar-refractivity contribution in [3.8, 4) is 0 Å². The molecule has 1 aliphatic rings. The van der Waals surface area contributed by atoms with Crippen LogP contribution in [0.2, 0.25) is 0 Å². The number of piperazine rings is 1. The highest BCUT2D eigenvalue weighted by molar-refractivity contribution is 5.82. The van der Waals surface area contributed by atoms with Gasteiger partial charge in [-0.1, -0.05) is 0 Å². The Hall–Kier alpha value is -1.14. The van der Waals surface area contributed by atoms with Crippen molar-refractivity contribution < 1.29 is 14.7 Å². The molecule has 1 heterocycles. The van der Waals surface area contributed by atoms with Gasteiger partial charge < -0.3 is 20.6 Å². The lowest BCUT2D eigenvalue weighted by Crippen LogP contribution is -2.52. The second kappa shape index (κ2) is 5.81. The number of carboxylic acids is 1. The van der Waals surface area contributed by atoms with Crippen molar-refractivity contribution in [3.63, 3.8) is 0 Å². The average Bonchev–Trinajstić information content (AvgIpc) is 2.26. The molecule has 1 saturated heterocycles. The van der Waals surface area contributed by atoms with Gasteiger partial charge in [-0.3, -0.25) is 9.59 Å². The molecule has 0 saturated carbocycles. The third-order valence-electron chi connectivity index (χ3n) is 2.80. The van der Waals surface area contributed by atoms with E-state index < -0.39 is 12.0 Å². The fourth-order valence-electron chi connectivity index (χ4n) is 1.66. The molecule has 3 N–H and O–H groups in total. The summed E-state index contributed by atoms with van der Waals surface area (Å²) in [6.07, 6.45) is 0.154. The number of nitrogens with zero attached hydrogens (tertiary/aromatic N) is 2. The summed E-state index contributed by atoms with van der Waals surface area (Å²) in [5.41, 5.74) is 5.66. The summed E-state index contributed by atoms with van der Waals surface area (Å²) in [6, 6.07) is -0.681. The van der Waals surface area contributed by atoms with E-state index in [1.807, 2.05) is 7.05 Å². The van der Waals surface area contributed by atoms with Gasteiger partial charge in [-0.25, -0.2) is 0 Å². The fraction of sp³-hybridized carbons (Fsp3) is 0.800. The zero-order chi connectivity index (χ0) is 12.1. The van der Waals surface area contributed by atoms with Gasteiger partial charge >= 0.3 is 5.97 Å². The molecule has 1 unspecified atom stereocenters. The van der Waals surface area contributed by atoms with Gasteiger partial charge in [0.15, 0.2) is 0 Å². The van der Waals surface area contributed by atoms with Crippen LogP contribution in [0, 0.1) is 0 Å². The molecule has 0 aliphatic carbocycles. The molecule has 1 rings (SSSR count). The number of hydrogen-bond donors (Lipinski definition) is 2. The molecular weight excluding hydrogens is 210 g/mol. The number of aliphatic carboxylic acids is 1. The molecule has 6 heteroatoms. The van der Waals surface area contributed by atoms with E-state index in [4.69, 9.17) is 10.8 Å². The van der Waals surface area contributed by atoms with Crippen LogP contribution in [-0.4, -0.2) is 66.1 Å². The lowest BCUT2D eigenvalue weighted by molar-refractivity contribution is -0.138. The molecule has 1 atom stereocenters. The summed E-state index contributed by atoms with van der Waals surface area (Å²) >= 11 is 0. The Morgan fingerprint density at radius 3 is 2.38 bits per heavy atom. The van der Waals surface area contributed by atoms with Crippen LogP contribution in [0.5, 0.6) is 0 Å². The standard InChI is InChI=1S/C10H19N3O3/c1-12-4-6-13(7-5-12)10(16)8(11)2-3-9(14)15/h8H,2-7,11H2,1H3,(H,14,15). The molecular formula is C10H19N3O3. The van der Waals surface area contributed by atoms with E-state index in [0.29, 0.717) is 13.1 Å². The number of carbonyl (C=O) groups is 2. The summed E-state index contributed by atoms with van der Waals surface area (Å²) in [5.74, 6) is -1.05. The maximum atomic E-state index is 11.8. The van der Waals surface area contributed by atoms with Gasteiger partial charge in [0, 0.05) is 32.6 Å². The van der Waals surface area contributed by atoms with Crippen LogP contribution in [0.4, 0.5) is 0 Å². The zero-order valence-corrected chi connectivity index (χ0v) is 9.56. The quantitative estimate of drug-likeness (QED) is 0.642. The molecule has 16 heavy (non-hydrogen) atoms. The van der Waals surface area contributed by atoms with Gasteiger partial charge in [0.25, 0.3) is 0 Å². The number of carboxylic acid groups (broad SMARTS) is 1. The summed E-state index contributed by atoms with van der Waals surface area (Å²) < 4.78 is 0. The van der Waals surface area contributed by atoms with E-state index in [0.717, 1.165) is 13.1 Å². The number of likely N-dealkylation sites (N-methyl/N-ethyl adjacent to an activating group) is 1. The predicted octanol–water partition coefficient (Wildman–Crippen LogP) is -1.05. The second-order valence-corrected chi connectivity index (χ2v) is 4.17. The molecule has 0 aromatic rings. The third-order valence-corrected chi connectivity index (χ3v) is 2.80. The second-order valence-electron chi connectivity index (χ2n) is 4.17.